The number of allylic oxidation sites excluding steroid dienone is 1. The van der Waals surface area contributed by atoms with E-state index >= 15 is 0 Å². The van der Waals surface area contributed by atoms with Gasteiger partial charge in [-0.1, -0.05) is 6.08 Å². The second-order valence-corrected chi connectivity index (χ2v) is 3.31. The summed E-state index contributed by atoms with van der Waals surface area (Å²) in [6.45, 7) is 2.03. The maximum absolute atomic E-state index is 12.4. The van der Waals surface area contributed by atoms with E-state index < -0.39 is 19.0 Å². The molecule has 0 aromatic rings. The van der Waals surface area contributed by atoms with Crippen LogP contribution in [0.15, 0.2) is 12.7 Å². The van der Waals surface area contributed by atoms with Crippen LogP contribution in [0.1, 0.15) is 12.8 Å². The first-order valence-electron chi connectivity index (χ1n) is 4.74. The molecule has 96 valence electrons. The molecule has 0 aliphatic carbocycles. The van der Waals surface area contributed by atoms with Gasteiger partial charge in [0.1, 0.15) is 6.61 Å². The molecule has 16 heavy (non-hydrogen) atoms. The van der Waals surface area contributed by atoms with Gasteiger partial charge in [-0.05, 0) is 12.8 Å². The molecule has 0 saturated heterocycles. The van der Waals surface area contributed by atoms with Crippen LogP contribution in [0.3, 0.4) is 0 Å². The minimum atomic E-state index is -4.11. The minimum Gasteiger partial charge on any atom is -0.373 e. The van der Waals surface area contributed by atoms with E-state index in [2.05, 4.69) is 16.7 Å². The third-order valence-electron chi connectivity index (χ3n) is 1.89. The molecular weight excluding hydrogens is 228 g/mol. The number of alkyl halides is 4. The lowest BCUT2D eigenvalue weighted by Gasteiger charge is -2.19. The molecule has 0 amide bonds. The van der Waals surface area contributed by atoms with Gasteiger partial charge < -0.3 is 4.74 Å². The van der Waals surface area contributed by atoms with Crippen LogP contribution in [-0.4, -0.2) is 31.6 Å². The number of nitrogens with one attached hydrogen (secondary N) is 1. The summed E-state index contributed by atoms with van der Waals surface area (Å²) in [6, 6.07) is -0.355. The van der Waals surface area contributed by atoms with Crippen molar-refractivity contribution in [1.29, 1.82) is 0 Å². The highest BCUT2D eigenvalue weighted by atomic mass is 19.3. The van der Waals surface area contributed by atoms with Gasteiger partial charge in [-0.25, -0.2) is 8.78 Å². The summed E-state index contributed by atoms with van der Waals surface area (Å²) in [5.74, 6) is 1.01. The molecule has 0 saturated carbocycles. The molecule has 0 heterocycles. The van der Waals surface area contributed by atoms with Crippen LogP contribution in [0, 0.1) is 0 Å². The van der Waals surface area contributed by atoms with Gasteiger partial charge in [0.05, 0.1) is 6.61 Å². The molecule has 7 heteroatoms. The summed E-state index contributed by atoms with van der Waals surface area (Å²) >= 11 is 0. The Hall–Kier alpha value is -0.660. The van der Waals surface area contributed by atoms with Crippen molar-refractivity contribution in [2.45, 2.75) is 31.2 Å². The molecule has 0 aromatic heterocycles. The monoisotopic (exact) mass is 244 g/mol. The quantitative estimate of drug-likeness (QED) is 0.281. The lowest BCUT2D eigenvalue weighted by Crippen LogP contribution is -2.40. The number of ether oxygens (including phenoxy) is 1. The molecule has 0 radical (unpaired) electrons. The molecule has 0 bridgehead atoms. The van der Waals surface area contributed by atoms with Gasteiger partial charge in [-0.15, -0.1) is 6.58 Å². The molecule has 0 aliphatic rings. The van der Waals surface area contributed by atoms with E-state index in [9.17, 15) is 17.6 Å². The normalized spacial score (nSPS) is 14.1. The molecule has 0 rings (SSSR count). The number of hydrogen-bond donors (Lipinski definition) is 2. The van der Waals surface area contributed by atoms with Crippen molar-refractivity contribution in [3.8, 4) is 0 Å². The molecule has 1 unspecified atom stereocenters. The molecule has 0 fully saturated rings. The summed E-state index contributed by atoms with van der Waals surface area (Å²) in [5, 5.41) is 0. The van der Waals surface area contributed by atoms with Crippen LogP contribution < -0.4 is 11.3 Å². The summed E-state index contributed by atoms with van der Waals surface area (Å²) in [7, 11) is 0. The predicted octanol–water partition coefficient (Wildman–Crippen LogP) is 1.70. The first kappa shape index (κ1) is 15.3. The smallest absolute Gasteiger partial charge is 0.330 e. The second kappa shape index (κ2) is 7.59. The Labute approximate surface area is 91.6 Å². The third kappa shape index (κ3) is 6.04. The fraction of sp³-hybridized carbons (Fsp3) is 0.778. The van der Waals surface area contributed by atoms with Gasteiger partial charge in [0.15, 0.2) is 0 Å². The first-order valence-corrected chi connectivity index (χ1v) is 4.74. The van der Waals surface area contributed by atoms with Crippen molar-refractivity contribution < 1.29 is 22.3 Å². The van der Waals surface area contributed by atoms with E-state index in [1.807, 2.05) is 0 Å². The zero-order valence-corrected chi connectivity index (χ0v) is 8.77. The Balaban J connectivity index is 3.81. The van der Waals surface area contributed by atoms with E-state index in [1.54, 1.807) is 6.08 Å². The first-order chi connectivity index (χ1) is 7.44. The second-order valence-electron chi connectivity index (χ2n) is 3.31. The minimum absolute atomic E-state index is 0.146. The van der Waals surface area contributed by atoms with Gasteiger partial charge in [0.25, 0.3) is 0 Å². The molecular formula is C9H16F4N2O. The Morgan fingerprint density at radius 2 is 2.06 bits per heavy atom. The number of hydrogen-bond acceptors (Lipinski definition) is 3. The zero-order valence-electron chi connectivity index (χ0n) is 8.77. The van der Waals surface area contributed by atoms with Gasteiger partial charge in [-0.2, -0.15) is 8.78 Å². The Morgan fingerprint density at radius 1 is 1.44 bits per heavy atom. The summed E-state index contributed by atoms with van der Waals surface area (Å²) in [5.41, 5.74) is 2.35. The Bertz CT molecular complexity index is 202. The molecule has 3 nitrogen and oxygen atoms in total. The molecule has 0 aliphatic heterocycles. The Kier molecular flexibility index (Phi) is 7.27. The van der Waals surface area contributed by atoms with E-state index in [4.69, 9.17) is 5.84 Å². The van der Waals surface area contributed by atoms with E-state index in [1.165, 1.54) is 0 Å². The molecule has 0 spiro atoms. The van der Waals surface area contributed by atoms with Gasteiger partial charge in [0, 0.05) is 6.04 Å². The molecule has 0 aromatic carbocycles. The van der Waals surface area contributed by atoms with E-state index in [-0.39, 0.29) is 12.6 Å². The van der Waals surface area contributed by atoms with Crippen LogP contribution in [0.4, 0.5) is 17.6 Å². The topological polar surface area (TPSA) is 47.3 Å². The maximum atomic E-state index is 12.4. The van der Waals surface area contributed by atoms with Crippen LogP contribution in [0.5, 0.6) is 0 Å². The van der Waals surface area contributed by atoms with Crippen molar-refractivity contribution in [2.24, 2.45) is 5.84 Å². The number of nitrogens with two attached hydrogens (primary N) is 1. The van der Waals surface area contributed by atoms with Crippen molar-refractivity contribution in [3.63, 3.8) is 0 Å². The SMILES string of the molecule is C=CCCC(COCC(F)(F)C(F)F)NN. The van der Waals surface area contributed by atoms with E-state index in [0.717, 1.165) is 0 Å². The van der Waals surface area contributed by atoms with Crippen molar-refractivity contribution in [3.05, 3.63) is 12.7 Å². The number of rotatable bonds is 9. The number of hydrazine groups is 1. The highest BCUT2D eigenvalue weighted by Gasteiger charge is 2.41. The maximum Gasteiger partial charge on any atom is 0.330 e. The lowest BCUT2D eigenvalue weighted by molar-refractivity contribution is -0.167. The van der Waals surface area contributed by atoms with Crippen LogP contribution >= 0.6 is 0 Å². The summed E-state index contributed by atoms with van der Waals surface area (Å²) in [4.78, 5) is 0. The fourth-order valence-electron chi connectivity index (χ4n) is 0.934. The van der Waals surface area contributed by atoms with Crippen LogP contribution in [0.25, 0.3) is 0 Å². The molecule has 3 N–H and O–H groups in total. The molecule has 1 atom stereocenters. The standard InChI is InChI=1S/C9H16F4N2O/c1-2-3-4-7(15-14)5-16-6-9(12,13)8(10)11/h2,7-8,15H,1,3-6,14H2. The summed E-state index contributed by atoms with van der Waals surface area (Å²) in [6.07, 6.45) is -0.910. The van der Waals surface area contributed by atoms with E-state index in [0.29, 0.717) is 12.8 Å². The fourth-order valence-corrected chi connectivity index (χ4v) is 0.934. The average Bonchev–Trinajstić information content (AvgIpc) is 2.22. The van der Waals surface area contributed by atoms with Crippen LogP contribution in [-0.2, 0) is 4.74 Å². The highest BCUT2D eigenvalue weighted by Crippen LogP contribution is 2.22. The van der Waals surface area contributed by atoms with Crippen molar-refractivity contribution in [2.75, 3.05) is 13.2 Å². The van der Waals surface area contributed by atoms with Crippen molar-refractivity contribution in [1.82, 2.24) is 5.43 Å². The summed E-state index contributed by atoms with van der Waals surface area (Å²) < 4.78 is 52.8. The third-order valence-corrected chi connectivity index (χ3v) is 1.89. The van der Waals surface area contributed by atoms with Crippen molar-refractivity contribution >= 4 is 0 Å². The average molecular weight is 244 g/mol. The lowest BCUT2D eigenvalue weighted by atomic mass is 10.2. The number of halogens is 4. The highest BCUT2D eigenvalue weighted by molar-refractivity contribution is 4.73. The van der Waals surface area contributed by atoms with Crippen LogP contribution in [0.2, 0.25) is 0 Å². The largest absolute Gasteiger partial charge is 0.373 e. The van der Waals surface area contributed by atoms with Gasteiger partial charge in [0.2, 0.25) is 0 Å². The Morgan fingerprint density at radius 3 is 2.50 bits per heavy atom. The zero-order chi connectivity index (χ0) is 12.6. The predicted molar refractivity (Wildman–Crippen MR) is 52.3 cm³/mol. The van der Waals surface area contributed by atoms with Gasteiger partial charge >= 0.3 is 12.3 Å². The van der Waals surface area contributed by atoms with Gasteiger partial charge in [-0.3, -0.25) is 11.3 Å².